The molecule has 1 aliphatic carbocycles. The van der Waals surface area contributed by atoms with Crippen molar-refractivity contribution in [1.82, 2.24) is 10.6 Å². The van der Waals surface area contributed by atoms with Gasteiger partial charge in [0.05, 0.1) is 12.6 Å². The summed E-state index contributed by atoms with van der Waals surface area (Å²) in [4.78, 5) is 11.4. The zero-order chi connectivity index (χ0) is 12.7. The topological polar surface area (TPSA) is 61.4 Å². The molecule has 100 valence electrons. The van der Waals surface area contributed by atoms with Crippen LogP contribution in [0.1, 0.15) is 39.5 Å². The highest BCUT2D eigenvalue weighted by atomic mass is 16.3. The summed E-state index contributed by atoms with van der Waals surface area (Å²) >= 11 is 0. The standard InChI is InChI=1S/C13H26N2O2/c1-10(2)7-15-13(17)9-14-8-11-3-5-12(16)6-4-11/h10-12,14,16H,3-9H2,1-2H3,(H,15,17). The molecule has 1 saturated carbocycles. The van der Waals surface area contributed by atoms with E-state index in [0.29, 0.717) is 18.4 Å². The molecule has 1 aliphatic rings. The smallest absolute Gasteiger partial charge is 0.233 e. The third kappa shape index (κ3) is 6.64. The van der Waals surface area contributed by atoms with Crippen molar-refractivity contribution in [3.05, 3.63) is 0 Å². The fraction of sp³-hybridized carbons (Fsp3) is 0.923. The van der Waals surface area contributed by atoms with Gasteiger partial charge in [0.1, 0.15) is 0 Å². The van der Waals surface area contributed by atoms with Gasteiger partial charge in [0, 0.05) is 6.54 Å². The molecule has 1 amide bonds. The van der Waals surface area contributed by atoms with E-state index in [-0.39, 0.29) is 12.0 Å². The average Bonchev–Trinajstić information content (AvgIpc) is 2.29. The number of carbonyl (C=O) groups is 1. The molecule has 0 saturated heterocycles. The van der Waals surface area contributed by atoms with Crippen molar-refractivity contribution in [2.45, 2.75) is 45.6 Å². The molecule has 17 heavy (non-hydrogen) atoms. The number of amides is 1. The van der Waals surface area contributed by atoms with E-state index < -0.39 is 0 Å². The fourth-order valence-electron chi connectivity index (χ4n) is 2.12. The van der Waals surface area contributed by atoms with Crippen molar-refractivity contribution in [2.24, 2.45) is 11.8 Å². The highest BCUT2D eigenvalue weighted by Gasteiger charge is 2.18. The van der Waals surface area contributed by atoms with Crippen LogP contribution in [0.25, 0.3) is 0 Å². The van der Waals surface area contributed by atoms with Crippen LogP contribution in [0.5, 0.6) is 0 Å². The molecule has 3 N–H and O–H groups in total. The van der Waals surface area contributed by atoms with Crippen LogP contribution in [-0.2, 0) is 4.79 Å². The van der Waals surface area contributed by atoms with E-state index in [9.17, 15) is 9.90 Å². The maximum atomic E-state index is 11.4. The number of carbonyl (C=O) groups excluding carboxylic acids is 1. The number of aliphatic hydroxyl groups is 1. The average molecular weight is 242 g/mol. The van der Waals surface area contributed by atoms with Crippen LogP contribution in [0.4, 0.5) is 0 Å². The Morgan fingerprint density at radius 3 is 2.53 bits per heavy atom. The van der Waals surface area contributed by atoms with Crippen LogP contribution >= 0.6 is 0 Å². The summed E-state index contributed by atoms with van der Waals surface area (Å²) in [6, 6.07) is 0. The van der Waals surface area contributed by atoms with E-state index in [4.69, 9.17) is 0 Å². The zero-order valence-electron chi connectivity index (χ0n) is 11.0. The summed E-state index contributed by atoms with van der Waals surface area (Å²) < 4.78 is 0. The number of rotatable bonds is 6. The molecule has 0 bridgehead atoms. The van der Waals surface area contributed by atoms with Gasteiger partial charge in [-0.2, -0.15) is 0 Å². The Morgan fingerprint density at radius 1 is 1.29 bits per heavy atom. The molecule has 0 aromatic carbocycles. The van der Waals surface area contributed by atoms with Gasteiger partial charge < -0.3 is 15.7 Å². The van der Waals surface area contributed by atoms with Crippen LogP contribution in [0, 0.1) is 11.8 Å². The summed E-state index contributed by atoms with van der Waals surface area (Å²) in [5.74, 6) is 1.20. The van der Waals surface area contributed by atoms with Gasteiger partial charge in [0.25, 0.3) is 0 Å². The fourth-order valence-corrected chi connectivity index (χ4v) is 2.12. The lowest BCUT2D eigenvalue weighted by molar-refractivity contribution is -0.120. The van der Waals surface area contributed by atoms with Crippen LogP contribution in [0.2, 0.25) is 0 Å². The summed E-state index contributed by atoms with van der Waals surface area (Å²) in [6.45, 7) is 6.21. The van der Waals surface area contributed by atoms with Gasteiger partial charge in [-0.3, -0.25) is 4.79 Å². The van der Waals surface area contributed by atoms with Gasteiger partial charge in [0.15, 0.2) is 0 Å². The predicted octanol–water partition coefficient (Wildman–Crippen LogP) is 0.899. The van der Waals surface area contributed by atoms with Gasteiger partial charge in [-0.25, -0.2) is 0 Å². The maximum Gasteiger partial charge on any atom is 0.233 e. The Bertz CT molecular complexity index is 223. The predicted molar refractivity (Wildman–Crippen MR) is 68.7 cm³/mol. The SMILES string of the molecule is CC(C)CNC(=O)CNCC1CCC(O)CC1. The van der Waals surface area contributed by atoms with E-state index in [1.165, 1.54) is 0 Å². The maximum absolute atomic E-state index is 11.4. The number of hydrogen-bond donors (Lipinski definition) is 3. The third-order valence-electron chi connectivity index (χ3n) is 3.24. The second-order valence-electron chi connectivity index (χ2n) is 5.50. The van der Waals surface area contributed by atoms with E-state index in [1.807, 2.05) is 0 Å². The van der Waals surface area contributed by atoms with Crippen molar-refractivity contribution < 1.29 is 9.90 Å². The Hall–Kier alpha value is -0.610. The summed E-state index contributed by atoms with van der Waals surface area (Å²) in [5, 5.41) is 15.5. The molecular formula is C13H26N2O2. The molecule has 4 heteroatoms. The van der Waals surface area contributed by atoms with Crippen LogP contribution < -0.4 is 10.6 Å². The third-order valence-corrected chi connectivity index (χ3v) is 3.24. The van der Waals surface area contributed by atoms with Crippen molar-refractivity contribution in [3.8, 4) is 0 Å². The highest BCUT2D eigenvalue weighted by Crippen LogP contribution is 2.23. The summed E-state index contributed by atoms with van der Waals surface area (Å²) in [6.07, 6.45) is 3.86. The molecule has 4 nitrogen and oxygen atoms in total. The first-order chi connectivity index (χ1) is 8.08. The minimum Gasteiger partial charge on any atom is -0.393 e. The normalized spacial score (nSPS) is 24.9. The van der Waals surface area contributed by atoms with Crippen LogP contribution in [0.3, 0.4) is 0 Å². The van der Waals surface area contributed by atoms with Crippen LogP contribution in [-0.4, -0.2) is 36.8 Å². The molecule has 0 aliphatic heterocycles. The van der Waals surface area contributed by atoms with Gasteiger partial charge in [-0.15, -0.1) is 0 Å². The second kappa shape index (κ2) is 7.67. The summed E-state index contributed by atoms with van der Waals surface area (Å²) in [5.41, 5.74) is 0. The molecule has 0 aromatic rings. The minimum absolute atomic E-state index is 0.0783. The molecule has 0 radical (unpaired) electrons. The van der Waals surface area contributed by atoms with E-state index in [2.05, 4.69) is 24.5 Å². The van der Waals surface area contributed by atoms with E-state index in [1.54, 1.807) is 0 Å². The molecule has 0 unspecified atom stereocenters. The monoisotopic (exact) mass is 242 g/mol. The quantitative estimate of drug-likeness (QED) is 0.648. The first kappa shape index (κ1) is 14.5. The van der Waals surface area contributed by atoms with Gasteiger partial charge in [0.2, 0.25) is 5.91 Å². The van der Waals surface area contributed by atoms with Crippen molar-refractivity contribution in [3.63, 3.8) is 0 Å². The minimum atomic E-state index is -0.0967. The lowest BCUT2D eigenvalue weighted by atomic mass is 9.87. The Balaban J connectivity index is 2.01. The Kier molecular flexibility index (Phi) is 6.52. The van der Waals surface area contributed by atoms with Gasteiger partial charge in [-0.1, -0.05) is 13.8 Å². The van der Waals surface area contributed by atoms with Crippen molar-refractivity contribution in [2.75, 3.05) is 19.6 Å². The van der Waals surface area contributed by atoms with E-state index in [0.717, 1.165) is 38.8 Å². The summed E-state index contributed by atoms with van der Waals surface area (Å²) in [7, 11) is 0. The zero-order valence-corrected chi connectivity index (χ0v) is 11.0. The number of aliphatic hydroxyl groups excluding tert-OH is 1. The first-order valence-electron chi connectivity index (χ1n) is 6.73. The highest BCUT2D eigenvalue weighted by molar-refractivity contribution is 5.77. The molecule has 0 heterocycles. The molecule has 0 atom stereocenters. The van der Waals surface area contributed by atoms with Crippen LogP contribution in [0.15, 0.2) is 0 Å². The lowest BCUT2D eigenvalue weighted by Crippen LogP contribution is -2.38. The second-order valence-corrected chi connectivity index (χ2v) is 5.50. The first-order valence-corrected chi connectivity index (χ1v) is 6.73. The molecule has 0 aromatic heterocycles. The van der Waals surface area contributed by atoms with Gasteiger partial charge in [-0.05, 0) is 44.1 Å². The molecule has 1 fully saturated rings. The number of hydrogen-bond acceptors (Lipinski definition) is 3. The molecule has 0 spiro atoms. The van der Waals surface area contributed by atoms with E-state index >= 15 is 0 Å². The number of nitrogens with one attached hydrogen (secondary N) is 2. The largest absolute Gasteiger partial charge is 0.393 e. The molecular weight excluding hydrogens is 216 g/mol. The van der Waals surface area contributed by atoms with Crippen molar-refractivity contribution >= 4 is 5.91 Å². The van der Waals surface area contributed by atoms with Gasteiger partial charge >= 0.3 is 0 Å². The Morgan fingerprint density at radius 2 is 1.94 bits per heavy atom. The molecule has 1 rings (SSSR count). The van der Waals surface area contributed by atoms with Crippen molar-refractivity contribution in [1.29, 1.82) is 0 Å². The lowest BCUT2D eigenvalue weighted by Gasteiger charge is -2.25. The Labute approximate surface area is 104 Å².